The lowest BCUT2D eigenvalue weighted by molar-refractivity contribution is 0.194. The third-order valence-electron chi connectivity index (χ3n) is 12.2. The van der Waals surface area contributed by atoms with Gasteiger partial charge >= 0.3 is 0 Å². The summed E-state index contributed by atoms with van der Waals surface area (Å²) in [5, 5.41) is 7.56. The molecule has 4 aromatic rings. The fraction of sp³-hybridized carbons (Fsp3) is 0.614. The number of piperidine rings is 1. The van der Waals surface area contributed by atoms with Crippen molar-refractivity contribution in [1.82, 2.24) is 29.3 Å². The van der Waals surface area contributed by atoms with Crippen molar-refractivity contribution in [1.29, 1.82) is 0 Å². The summed E-state index contributed by atoms with van der Waals surface area (Å²) in [7, 11) is 0. The maximum absolute atomic E-state index is 6.21. The Morgan fingerprint density at radius 2 is 1.26 bits per heavy atom. The van der Waals surface area contributed by atoms with Crippen LogP contribution in [0.15, 0.2) is 67.0 Å². The number of hydrogen-bond donors (Lipinski definition) is 3. The van der Waals surface area contributed by atoms with E-state index in [0.29, 0.717) is 24.2 Å². The highest BCUT2D eigenvalue weighted by molar-refractivity contribution is 5.84. The second-order valence-electron chi connectivity index (χ2n) is 16.3. The molecule has 3 heterocycles. The van der Waals surface area contributed by atoms with Gasteiger partial charge in [0.1, 0.15) is 0 Å². The van der Waals surface area contributed by atoms with E-state index in [1.807, 2.05) is 6.33 Å². The Bertz CT molecular complexity index is 1570. The first-order valence-corrected chi connectivity index (χ1v) is 21.2. The number of benzene rings is 2. The quantitative estimate of drug-likeness (QED) is 0.0834. The molecular weight excluding hydrogens is 655 g/mol. The highest BCUT2D eigenvalue weighted by Gasteiger charge is 2.26. The lowest BCUT2D eigenvalue weighted by Gasteiger charge is -2.33. The molecule has 0 unspecified atom stereocenters. The molecule has 2 saturated carbocycles. The van der Waals surface area contributed by atoms with Gasteiger partial charge in [0.15, 0.2) is 17.0 Å². The van der Waals surface area contributed by atoms with Gasteiger partial charge in [0.2, 0.25) is 5.95 Å². The molecule has 2 aromatic carbocycles. The molecule has 9 nitrogen and oxygen atoms in total. The van der Waals surface area contributed by atoms with E-state index >= 15 is 0 Å². The van der Waals surface area contributed by atoms with Crippen LogP contribution in [0.5, 0.6) is 0 Å². The van der Waals surface area contributed by atoms with Crippen LogP contribution in [0.1, 0.15) is 113 Å². The van der Waals surface area contributed by atoms with Crippen molar-refractivity contribution in [2.75, 3.05) is 49.9 Å². The van der Waals surface area contributed by atoms with E-state index in [0.717, 1.165) is 74.5 Å². The molecule has 0 radical (unpaired) electrons. The van der Waals surface area contributed by atoms with Crippen LogP contribution >= 0.6 is 0 Å². The van der Waals surface area contributed by atoms with E-state index in [1.54, 1.807) is 0 Å². The lowest BCUT2D eigenvalue weighted by Crippen LogP contribution is -2.40. The predicted octanol–water partition coefficient (Wildman–Crippen LogP) is 8.24. The molecule has 286 valence electrons. The van der Waals surface area contributed by atoms with Crippen LogP contribution in [-0.2, 0) is 12.8 Å². The highest BCUT2D eigenvalue weighted by atomic mass is 15.2. The normalized spacial score (nSPS) is 20.4. The summed E-state index contributed by atoms with van der Waals surface area (Å²) in [5.41, 5.74) is 11.0. The zero-order valence-corrected chi connectivity index (χ0v) is 32.2. The summed E-state index contributed by atoms with van der Waals surface area (Å²) in [6, 6.07) is 23.5. The maximum atomic E-state index is 6.21. The molecule has 4 N–H and O–H groups in total. The molecule has 2 aliphatic carbocycles. The number of fused-ring (bicyclic) bond motifs is 1. The van der Waals surface area contributed by atoms with Gasteiger partial charge in [-0.05, 0) is 134 Å². The maximum Gasteiger partial charge on any atom is 0.227 e. The molecular formula is C44H65N9. The van der Waals surface area contributed by atoms with Gasteiger partial charge in [-0.3, -0.25) is 0 Å². The molecule has 53 heavy (non-hydrogen) atoms. The number of hydrogen-bond acceptors (Lipinski definition) is 8. The highest BCUT2D eigenvalue weighted by Crippen LogP contribution is 2.34. The van der Waals surface area contributed by atoms with Gasteiger partial charge in [0, 0.05) is 37.3 Å². The van der Waals surface area contributed by atoms with Crippen LogP contribution in [0.2, 0.25) is 0 Å². The van der Waals surface area contributed by atoms with Gasteiger partial charge in [-0.25, -0.2) is 4.98 Å². The topological polar surface area (TPSA) is 100 Å². The molecule has 1 aliphatic heterocycles. The number of imidazole rings is 1. The first-order valence-electron chi connectivity index (χ1n) is 21.2. The Balaban J connectivity index is 0.895. The molecule has 9 heteroatoms. The number of unbranched alkanes of at least 4 members (excludes halogenated alkanes) is 2. The number of aryl methyl sites for hydroxylation is 2. The molecule has 3 fully saturated rings. The van der Waals surface area contributed by atoms with Gasteiger partial charge in [-0.2, -0.15) is 9.97 Å². The smallest absolute Gasteiger partial charge is 0.227 e. The van der Waals surface area contributed by atoms with E-state index in [4.69, 9.17) is 20.7 Å². The predicted molar refractivity (Wildman–Crippen MR) is 220 cm³/mol. The Morgan fingerprint density at radius 1 is 0.660 bits per heavy atom. The van der Waals surface area contributed by atoms with Crippen LogP contribution in [0.3, 0.4) is 0 Å². The number of nitrogens with zero attached hydrogens (tertiary/aromatic N) is 6. The average molecular weight is 720 g/mol. The molecule has 0 spiro atoms. The zero-order valence-electron chi connectivity index (χ0n) is 32.2. The number of nitrogens with one attached hydrogen (secondary N) is 2. The molecule has 3 aliphatic rings. The van der Waals surface area contributed by atoms with Crippen LogP contribution in [0, 0.1) is 0 Å². The SMILES string of the molecule is NC1CCC(Nc2nc(NC3CCN(CCCN(CCCCc4ccccc4)CCCCc4ccccc4)CC3)c3ncn(C4CCCC4)c3n2)CC1. The van der Waals surface area contributed by atoms with Crippen molar-refractivity contribution in [3.63, 3.8) is 0 Å². The van der Waals surface area contributed by atoms with Crippen LogP contribution < -0.4 is 16.4 Å². The van der Waals surface area contributed by atoms with Crippen molar-refractivity contribution in [3.05, 3.63) is 78.1 Å². The van der Waals surface area contributed by atoms with E-state index in [-0.39, 0.29) is 0 Å². The Hall–Kier alpha value is -3.53. The summed E-state index contributed by atoms with van der Waals surface area (Å²) >= 11 is 0. The number of nitrogens with two attached hydrogens (primary N) is 1. The number of likely N-dealkylation sites (tertiary alicyclic amines) is 1. The van der Waals surface area contributed by atoms with Crippen molar-refractivity contribution in [3.8, 4) is 0 Å². The standard InChI is InChI=1S/C44H65N9/c45-37-22-24-38(25-23-37)48-44-49-42(41-43(50-44)53(34-46-41)40-20-7-8-21-40)47-39-26-32-52(33-27-39)31-13-30-51(28-11-9-18-35-14-3-1-4-15-35)29-12-10-19-36-16-5-2-6-17-36/h1-6,14-17,34,37-40H,7-13,18-33,45H2,(H2,47,48,49,50). The fourth-order valence-corrected chi connectivity index (χ4v) is 8.94. The molecule has 0 atom stereocenters. The van der Waals surface area contributed by atoms with Crippen LogP contribution in [-0.4, -0.2) is 86.7 Å². The Kier molecular flexibility index (Phi) is 14.0. The van der Waals surface area contributed by atoms with E-state index < -0.39 is 0 Å². The Labute approximate surface area is 318 Å². The number of aromatic nitrogens is 4. The van der Waals surface area contributed by atoms with Gasteiger partial charge in [0.05, 0.1) is 6.33 Å². The van der Waals surface area contributed by atoms with E-state index in [2.05, 4.69) is 85.7 Å². The van der Waals surface area contributed by atoms with Gasteiger partial charge in [0.25, 0.3) is 0 Å². The monoisotopic (exact) mass is 720 g/mol. The third kappa shape index (κ3) is 11.2. The lowest BCUT2D eigenvalue weighted by atomic mass is 9.92. The third-order valence-corrected chi connectivity index (χ3v) is 12.2. The fourth-order valence-electron chi connectivity index (χ4n) is 8.94. The van der Waals surface area contributed by atoms with E-state index in [9.17, 15) is 0 Å². The van der Waals surface area contributed by atoms with Crippen molar-refractivity contribution in [2.45, 2.75) is 133 Å². The average Bonchev–Trinajstić information content (AvgIpc) is 3.88. The first-order chi connectivity index (χ1) is 26.2. The first kappa shape index (κ1) is 37.8. The summed E-state index contributed by atoms with van der Waals surface area (Å²) in [5.74, 6) is 1.64. The Morgan fingerprint density at radius 3 is 1.91 bits per heavy atom. The van der Waals surface area contributed by atoms with Crippen molar-refractivity contribution < 1.29 is 0 Å². The van der Waals surface area contributed by atoms with Gasteiger partial charge in [-0.1, -0.05) is 73.5 Å². The minimum atomic E-state index is 0.326. The minimum absolute atomic E-state index is 0.326. The molecule has 7 rings (SSSR count). The van der Waals surface area contributed by atoms with Crippen LogP contribution in [0.4, 0.5) is 11.8 Å². The number of anilines is 2. The molecule has 2 aromatic heterocycles. The van der Waals surface area contributed by atoms with Crippen molar-refractivity contribution >= 4 is 22.9 Å². The summed E-state index contributed by atoms with van der Waals surface area (Å²) in [6.45, 7) is 7.05. The molecule has 1 saturated heterocycles. The second-order valence-corrected chi connectivity index (χ2v) is 16.3. The zero-order chi connectivity index (χ0) is 36.1. The molecule has 0 amide bonds. The number of rotatable bonds is 19. The molecule has 0 bridgehead atoms. The summed E-state index contributed by atoms with van der Waals surface area (Å²) in [4.78, 5) is 20.5. The minimum Gasteiger partial charge on any atom is -0.365 e. The largest absolute Gasteiger partial charge is 0.365 e. The van der Waals surface area contributed by atoms with Gasteiger partial charge < -0.3 is 30.7 Å². The summed E-state index contributed by atoms with van der Waals surface area (Å²) < 4.78 is 2.33. The summed E-state index contributed by atoms with van der Waals surface area (Å²) in [6.07, 6.45) is 22.2. The van der Waals surface area contributed by atoms with Crippen molar-refractivity contribution in [2.24, 2.45) is 5.73 Å². The van der Waals surface area contributed by atoms with E-state index in [1.165, 1.54) is 108 Å². The van der Waals surface area contributed by atoms with Gasteiger partial charge in [-0.15, -0.1) is 0 Å². The second kappa shape index (κ2) is 19.7. The van der Waals surface area contributed by atoms with Crippen LogP contribution in [0.25, 0.3) is 11.2 Å².